The van der Waals surface area contributed by atoms with E-state index in [4.69, 9.17) is 23.7 Å². The SMILES string of the molecule is CC1(C)CCC2(CO)C(O)CC3(C)C(=CCC4C5(C)CCC(OC6OC(COC7OC(CO)C(O)C(O)C7O)C(O)C(O)C6OC(=O)c6cc(O)c(O)c(O)c6)C(C)(C)C5CCC43C)C2C1. The zero-order chi connectivity index (χ0) is 48.3. The second kappa shape index (κ2) is 17.3. The van der Waals surface area contributed by atoms with Crippen LogP contribution < -0.4 is 0 Å². The summed E-state index contributed by atoms with van der Waals surface area (Å²) in [6.45, 7) is 14.8. The van der Waals surface area contributed by atoms with Crippen LogP contribution in [0.3, 0.4) is 0 Å². The number of aliphatic hydroxyl groups is 8. The fraction of sp³-hybridized carbons (Fsp3) is 0.816. The van der Waals surface area contributed by atoms with Crippen LogP contribution in [0.4, 0.5) is 0 Å². The smallest absolute Gasteiger partial charge is 0.338 e. The Kier molecular flexibility index (Phi) is 13.1. The van der Waals surface area contributed by atoms with Crippen molar-refractivity contribution in [1.82, 2.24) is 0 Å². The van der Waals surface area contributed by atoms with Crippen molar-refractivity contribution in [2.45, 2.75) is 180 Å². The summed E-state index contributed by atoms with van der Waals surface area (Å²) in [6.07, 6.45) is -7.77. The number of aliphatic hydroxyl groups excluding tert-OH is 8. The highest BCUT2D eigenvalue weighted by molar-refractivity contribution is 5.91. The molecule has 0 bridgehead atoms. The van der Waals surface area contributed by atoms with Crippen molar-refractivity contribution >= 4 is 5.97 Å². The molecular formula is C49H74O17. The maximum Gasteiger partial charge on any atom is 0.338 e. The highest BCUT2D eigenvalue weighted by atomic mass is 16.7. The van der Waals surface area contributed by atoms with E-state index in [2.05, 4.69) is 54.5 Å². The fourth-order valence-electron chi connectivity index (χ4n) is 14.7. The Morgan fingerprint density at radius 2 is 1.39 bits per heavy atom. The summed E-state index contributed by atoms with van der Waals surface area (Å²) in [6, 6.07) is 1.74. The topological polar surface area (TPSA) is 286 Å². The van der Waals surface area contributed by atoms with Gasteiger partial charge in [-0.15, -0.1) is 0 Å². The molecule has 19 unspecified atom stereocenters. The normalized spacial score (nSPS) is 47.3. The van der Waals surface area contributed by atoms with Crippen molar-refractivity contribution < 1.29 is 84.7 Å². The highest BCUT2D eigenvalue weighted by Gasteiger charge is 2.70. The quantitative estimate of drug-likeness (QED) is 0.0735. The first kappa shape index (κ1) is 49.8. The minimum atomic E-state index is -1.86. The van der Waals surface area contributed by atoms with E-state index in [1.165, 1.54) is 5.57 Å². The molecule has 1 aromatic rings. The molecule has 17 heteroatoms. The minimum Gasteiger partial charge on any atom is -0.504 e. The van der Waals surface area contributed by atoms with Crippen LogP contribution in [-0.4, -0.2) is 156 Å². The zero-order valence-electron chi connectivity index (χ0n) is 39.2. The van der Waals surface area contributed by atoms with E-state index in [0.29, 0.717) is 12.8 Å². The van der Waals surface area contributed by atoms with Crippen molar-refractivity contribution in [2.75, 3.05) is 19.8 Å². The number of benzene rings is 1. The summed E-state index contributed by atoms with van der Waals surface area (Å²) in [5.74, 6) is -3.14. The van der Waals surface area contributed by atoms with Gasteiger partial charge in [-0.25, -0.2) is 4.79 Å². The Bertz CT molecular complexity index is 1980. The molecular weight excluding hydrogens is 861 g/mol. The molecule has 66 heavy (non-hydrogen) atoms. The number of carbonyl (C=O) groups is 1. The molecule has 0 amide bonds. The molecule has 1 aromatic carbocycles. The second-order valence-electron chi connectivity index (χ2n) is 23.1. The van der Waals surface area contributed by atoms with Gasteiger partial charge in [0, 0.05) is 5.41 Å². The van der Waals surface area contributed by atoms with Gasteiger partial charge in [-0.05, 0) is 115 Å². The molecule has 19 atom stereocenters. The van der Waals surface area contributed by atoms with Crippen LogP contribution >= 0.6 is 0 Å². The summed E-state index contributed by atoms with van der Waals surface area (Å²) in [7, 11) is 0. The number of phenols is 3. The van der Waals surface area contributed by atoms with Gasteiger partial charge >= 0.3 is 5.97 Å². The van der Waals surface area contributed by atoms with Gasteiger partial charge in [0.25, 0.3) is 0 Å². The number of aromatic hydroxyl groups is 3. The number of allylic oxidation sites excluding steroid dienone is 2. The van der Waals surface area contributed by atoms with Gasteiger partial charge in [0.1, 0.15) is 42.7 Å². The van der Waals surface area contributed by atoms with Crippen LogP contribution in [0.15, 0.2) is 23.8 Å². The number of phenolic OH excluding ortho intramolecular Hbond substituents is 3. The average Bonchev–Trinajstić information content (AvgIpc) is 3.25. The monoisotopic (exact) mass is 934 g/mol. The van der Waals surface area contributed by atoms with Crippen molar-refractivity contribution in [2.24, 2.45) is 50.2 Å². The van der Waals surface area contributed by atoms with E-state index in [0.717, 1.165) is 57.1 Å². The third kappa shape index (κ3) is 7.70. The van der Waals surface area contributed by atoms with E-state index in [9.17, 15) is 61.0 Å². The molecule has 2 saturated heterocycles. The molecule has 11 N–H and O–H groups in total. The van der Waals surface area contributed by atoms with E-state index < -0.39 is 121 Å². The van der Waals surface area contributed by atoms with Gasteiger partial charge in [0.05, 0.1) is 37.6 Å². The molecule has 8 rings (SSSR count). The van der Waals surface area contributed by atoms with Crippen LogP contribution in [0.2, 0.25) is 0 Å². The average molecular weight is 935 g/mol. The summed E-state index contributed by atoms with van der Waals surface area (Å²) in [4.78, 5) is 13.6. The van der Waals surface area contributed by atoms with Crippen LogP contribution in [-0.2, 0) is 23.7 Å². The summed E-state index contributed by atoms with van der Waals surface area (Å²) >= 11 is 0. The van der Waals surface area contributed by atoms with Crippen molar-refractivity contribution in [3.8, 4) is 17.2 Å². The molecule has 0 radical (unpaired) electrons. The van der Waals surface area contributed by atoms with E-state index in [1.54, 1.807) is 0 Å². The molecule has 5 aliphatic carbocycles. The van der Waals surface area contributed by atoms with Crippen LogP contribution in [0.1, 0.15) is 117 Å². The second-order valence-corrected chi connectivity index (χ2v) is 23.1. The molecule has 2 heterocycles. The van der Waals surface area contributed by atoms with Gasteiger partial charge in [-0.1, -0.05) is 60.1 Å². The molecule has 372 valence electrons. The predicted molar refractivity (Wildman–Crippen MR) is 233 cm³/mol. The Morgan fingerprint density at radius 1 is 0.742 bits per heavy atom. The summed E-state index contributed by atoms with van der Waals surface area (Å²) in [5, 5.41) is 117. The van der Waals surface area contributed by atoms with Crippen molar-refractivity contribution in [3.63, 3.8) is 0 Å². The molecule has 2 aliphatic heterocycles. The number of hydrogen-bond acceptors (Lipinski definition) is 17. The Balaban J connectivity index is 1.06. The Hall–Kier alpha value is -2.65. The third-order valence-electron chi connectivity index (χ3n) is 18.9. The standard InChI is InChI=1S/C49H74O17/c1-44(2)14-15-49(22-51)25(18-44)24-8-9-31-46(5)12-11-33(45(3,4)30(46)10-13-47(31,6)48(24,7)19-32(49)54)65-43-40(66-41(61)23-16-26(52)34(55)27(53)17-23)38(59)36(57)29(64-43)21-62-42-39(60)37(58)35(56)28(20-50)63-42/h8,16-17,25,28-33,35-40,42-43,50-60H,9-15,18-22H2,1-7H3. The van der Waals surface area contributed by atoms with Crippen LogP contribution in [0.25, 0.3) is 0 Å². The van der Waals surface area contributed by atoms with Crippen molar-refractivity contribution in [1.29, 1.82) is 0 Å². The number of hydrogen-bond donors (Lipinski definition) is 11. The van der Waals surface area contributed by atoms with Gasteiger partial charge in [-0.3, -0.25) is 0 Å². The maximum absolute atomic E-state index is 13.6. The fourth-order valence-corrected chi connectivity index (χ4v) is 14.7. The lowest BCUT2D eigenvalue weighted by atomic mass is 9.33. The maximum atomic E-state index is 13.6. The number of ether oxygens (including phenoxy) is 5. The van der Waals surface area contributed by atoms with Gasteiger partial charge in [-0.2, -0.15) is 0 Å². The van der Waals surface area contributed by atoms with Gasteiger partial charge < -0.3 is 79.9 Å². The molecule has 4 saturated carbocycles. The first-order valence-electron chi connectivity index (χ1n) is 23.8. The predicted octanol–water partition coefficient (Wildman–Crippen LogP) is 2.74. The first-order chi connectivity index (χ1) is 30.8. The number of esters is 1. The Labute approximate surface area is 386 Å². The van der Waals surface area contributed by atoms with Gasteiger partial charge in [0.2, 0.25) is 0 Å². The molecule has 6 fully saturated rings. The van der Waals surface area contributed by atoms with Crippen molar-refractivity contribution in [3.05, 3.63) is 29.3 Å². The third-order valence-corrected chi connectivity index (χ3v) is 18.9. The van der Waals surface area contributed by atoms with E-state index >= 15 is 0 Å². The number of rotatable bonds is 9. The minimum absolute atomic E-state index is 0.0331. The van der Waals surface area contributed by atoms with Crippen LogP contribution in [0, 0.1) is 50.2 Å². The van der Waals surface area contributed by atoms with E-state index in [1.807, 2.05) is 0 Å². The highest BCUT2D eigenvalue weighted by Crippen LogP contribution is 2.76. The van der Waals surface area contributed by atoms with Crippen LogP contribution in [0.5, 0.6) is 17.2 Å². The largest absolute Gasteiger partial charge is 0.504 e. The molecule has 7 aliphatic rings. The molecule has 17 nitrogen and oxygen atoms in total. The van der Waals surface area contributed by atoms with Gasteiger partial charge in [0.15, 0.2) is 35.9 Å². The summed E-state index contributed by atoms with van der Waals surface area (Å²) < 4.78 is 30.1. The Morgan fingerprint density at radius 3 is 2.05 bits per heavy atom. The lowest BCUT2D eigenvalue weighted by Gasteiger charge is -2.72. The zero-order valence-corrected chi connectivity index (χ0v) is 39.2. The molecule has 0 spiro atoms. The summed E-state index contributed by atoms with van der Waals surface area (Å²) in [5.41, 5.74) is -0.595. The lowest BCUT2D eigenvalue weighted by molar-refractivity contribution is -0.344. The first-order valence-corrected chi connectivity index (χ1v) is 23.8. The lowest BCUT2D eigenvalue weighted by Crippen LogP contribution is -2.67. The number of fused-ring (bicyclic) bond motifs is 7. The van der Waals surface area contributed by atoms with E-state index in [-0.39, 0.29) is 51.6 Å². The number of carbonyl (C=O) groups excluding carboxylic acids is 1. The molecule has 0 aromatic heterocycles.